The first-order chi connectivity index (χ1) is 13.5. The summed E-state index contributed by atoms with van der Waals surface area (Å²) in [4.78, 5) is 15.3. The minimum atomic E-state index is -0.260. The molecule has 1 fully saturated rings. The number of anilines is 1. The molecule has 4 heteroatoms. The van der Waals surface area contributed by atoms with E-state index in [1.165, 1.54) is 16.3 Å². The highest BCUT2D eigenvalue weighted by Crippen LogP contribution is 2.48. The Kier molecular flexibility index (Phi) is 4.82. The van der Waals surface area contributed by atoms with Crippen LogP contribution in [0.5, 0.6) is 0 Å². The molecule has 1 aliphatic carbocycles. The van der Waals surface area contributed by atoms with Crippen molar-refractivity contribution in [3.05, 3.63) is 77.4 Å². The molecule has 1 saturated carbocycles. The minimum Gasteiger partial charge on any atom is -0.373 e. The molecule has 0 unspecified atom stereocenters. The first kappa shape index (κ1) is 18.5. The summed E-state index contributed by atoms with van der Waals surface area (Å²) in [6, 6.07) is 20.8. The second-order valence-corrected chi connectivity index (χ2v) is 7.77. The molecule has 0 radical (unpaired) electrons. The molecule has 0 aromatic heterocycles. The van der Waals surface area contributed by atoms with Crippen LogP contribution in [0, 0.1) is 6.92 Å². The summed E-state index contributed by atoms with van der Waals surface area (Å²) >= 11 is 0. The number of nitrogens with zero attached hydrogens (tertiary/aromatic N) is 1. The number of benzene rings is 3. The number of nitrogens with one attached hydrogen (secondary N) is 1. The van der Waals surface area contributed by atoms with Crippen molar-refractivity contribution < 1.29 is 4.79 Å². The number of hydrogen-bond donors (Lipinski definition) is 2. The fraction of sp³-hybridized carbons (Fsp3) is 0.292. The first-order valence-electron chi connectivity index (χ1n) is 9.87. The van der Waals surface area contributed by atoms with E-state index in [4.69, 9.17) is 5.73 Å². The molecule has 144 valence electrons. The topological polar surface area (TPSA) is 58.4 Å². The number of rotatable bonds is 6. The molecule has 0 atom stereocenters. The third-order valence-corrected chi connectivity index (χ3v) is 5.78. The molecule has 0 aliphatic heterocycles. The van der Waals surface area contributed by atoms with Crippen LogP contribution >= 0.6 is 0 Å². The maximum Gasteiger partial charge on any atom is 0.252 e. The van der Waals surface area contributed by atoms with Gasteiger partial charge >= 0.3 is 0 Å². The predicted octanol–water partition coefficient (Wildman–Crippen LogP) is 3.96. The molecule has 3 aromatic carbocycles. The lowest BCUT2D eigenvalue weighted by atomic mass is 9.96. The van der Waals surface area contributed by atoms with Crippen molar-refractivity contribution in [2.75, 3.05) is 25.0 Å². The van der Waals surface area contributed by atoms with Gasteiger partial charge in [0.15, 0.2) is 0 Å². The average Bonchev–Trinajstić information content (AvgIpc) is 3.48. The van der Waals surface area contributed by atoms with E-state index in [2.05, 4.69) is 52.7 Å². The molecule has 0 bridgehead atoms. The highest BCUT2D eigenvalue weighted by molar-refractivity contribution is 5.98. The second kappa shape index (κ2) is 7.28. The minimum absolute atomic E-state index is 0.00840. The van der Waals surface area contributed by atoms with E-state index in [1.54, 1.807) is 0 Å². The third-order valence-electron chi connectivity index (χ3n) is 5.78. The number of aryl methyl sites for hydroxylation is 1. The molecule has 1 aliphatic rings. The smallest absolute Gasteiger partial charge is 0.252 e. The first-order valence-corrected chi connectivity index (χ1v) is 9.87. The lowest BCUT2D eigenvalue weighted by molar-refractivity contribution is 0.0930. The fourth-order valence-electron chi connectivity index (χ4n) is 3.93. The number of amides is 1. The number of carbonyl (C=O) groups excluding carboxylic acids is 1. The van der Waals surface area contributed by atoms with E-state index in [1.807, 2.05) is 32.2 Å². The largest absolute Gasteiger partial charge is 0.373 e. The Bertz CT molecular complexity index is 1020. The lowest BCUT2D eigenvalue weighted by Gasteiger charge is -2.22. The van der Waals surface area contributed by atoms with Crippen molar-refractivity contribution in [2.24, 2.45) is 5.73 Å². The highest BCUT2D eigenvalue weighted by Gasteiger charge is 2.46. The van der Waals surface area contributed by atoms with Gasteiger partial charge in [0, 0.05) is 31.4 Å². The van der Waals surface area contributed by atoms with E-state index in [-0.39, 0.29) is 11.4 Å². The van der Waals surface area contributed by atoms with Gasteiger partial charge < -0.3 is 16.0 Å². The number of hydrogen-bond acceptors (Lipinski definition) is 3. The van der Waals surface area contributed by atoms with Gasteiger partial charge in [-0.25, -0.2) is 0 Å². The normalized spacial score (nSPS) is 14.7. The van der Waals surface area contributed by atoms with Gasteiger partial charge in [-0.3, -0.25) is 4.79 Å². The summed E-state index contributed by atoms with van der Waals surface area (Å²) in [5.41, 5.74) is 9.35. The number of carbonyl (C=O) groups is 1. The van der Waals surface area contributed by atoms with Crippen molar-refractivity contribution in [1.82, 2.24) is 5.32 Å². The maximum atomic E-state index is 13.2. The van der Waals surface area contributed by atoms with Crippen LogP contribution in [0.25, 0.3) is 10.8 Å². The fourth-order valence-corrected chi connectivity index (χ4v) is 3.93. The van der Waals surface area contributed by atoms with Gasteiger partial charge in [-0.15, -0.1) is 0 Å². The van der Waals surface area contributed by atoms with Gasteiger partial charge in [-0.05, 0) is 53.8 Å². The molecule has 4 rings (SSSR count). The summed E-state index contributed by atoms with van der Waals surface area (Å²) in [7, 11) is 2.00. The van der Waals surface area contributed by atoms with Gasteiger partial charge in [0.1, 0.15) is 0 Å². The van der Waals surface area contributed by atoms with Crippen molar-refractivity contribution in [2.45, 2.75) is 25.3 Å². The Balaban J connectivity index is 1.64. The zero-order valence-electron chi connectivity index (χ0n) is 16.5. The zero-order valence-corrected chi connectivity index (χ0v) is 16.5. The molecule has 3 aromatic rings. The Morgan fingerprint density at radius 1 is 1.11 bits per heavy atom. The summed E-state index contributed by atoms with van der Waals surface area (Å²) in [5, 5.41) is 5.78. The monoisotopic (exact) mass is 373 g/mol. The molecular formula is C24H27N3O. The van der Waals surface area contributed by atoms with Crippen molar-refractivity contribution >= 4 is 22.4 Å². The van der Waals surface area contributed by atoms with Crippen molar-refractivity contribution in [3.63, 3.8) is 0 Å². The number of fused-ring (bicyclic) bond motifs is 1. The van der Waals surface area contributed by atoms with Crippen LogP contribution in [-0.4, -0.2) is 26.0 Å². The van der Waals surface area contributed by atoms with Crippen molar-refractivity contribution in [3.8, 4) is 0 Å². The van der Waals surface area contributed by atoms with Crippen LogP contribution in [-0.2, 0) is 5.54 Å². The number of nitrogens with two attached hydrogens (primary N) is 1. The molecule has 1 amide bonds. The van der Waals surface area contributed by atoms with Gasteiger partial charge in [-0.2, -0.15) is 0 Å². The van der Waals surface area contributed by atoms with E-state index >= 15 is 0 Å². The Morgan fingerprint density at radius 2 is 1.86 bits per heavy atom. The zero-order chi connectivity index (χ0) is 19.7. The summed E-state index contributed by atoms with van der Waals surface area (Å²) in [6.07, 6.45) is 1.94. The van der Waals surface area contributed by atoms with Crippen LogP contribution in [0.2, 0.25) is 0 Å². The summed E-state index contributed by atoms with van der Waals surface area (Å²) in [6.45, 7) is 3.32. The van der Waals surface area contributed by atoms with E-state index in [0.717, 1.165) is 36.2 Å². The highest BCUT2D eigenvalue weighted by atomic mass is 16.1. The van der Waals surface area contributed by atoms with E-state index < -0.39 is 0 Å². The summed E-state index contributed by atoms with van der Waals surface area (Å²) in [5.74, 6) is -0.00840. The van der Waals surface area contributed by atoms with E-state index in [9.17, 15) is 4.79 Å². The van der Waals surface area contributed by atoms with Crippen LogP contribution in [0.1, 0.15) is 34.3 Å². The standard InChI is InChI=1S/C24H27N3O/c1-17-10-11-19(27(2)15-14-25)16-21(17)23(28)26-24(12-13-24)22-9-5-7-18-6-3-4-8-20(18)22/h3-11,16H,12-15,25H2,1-2H3,(H,26,28). The predicted molar refractivity (Wildman–Crippen MR) is 116 cm³/mol. The Labute approximate surface area is 166 Å². The molecule has 0 heterocycles. The van der Waals surface area contributed by atoms with Crippen molar-refractivity contribution in [1.29, 1.82) is 0 Å². The molecule has 0 spiro atoms. The summed E-state index contributed by atoms with van der Waals surface area (Å²) < 4.78 is 0. The van der Waals surface area contributed by atoms with Crippen LogP contribution in [0.4, 0.5) is 5.69 Å². The molecular weight excluding hydrogens is 346 g/mol. The Morgan fingerprint density at radius 3 is 2.61 bits per heavy atom. The van der Waals surface area contributed by atoms with Gasteiger partial charge in [0.25, 0.3) is 5.91 Å². The second-order valence-electron chi connectivity index (χ2n) is 7.77. The maximum absolute atomic E-state index is 13.2. The van der Waals surface area contributed by atoms with Gasteiger partial charge in [0.05, 0.1) is 5.54 Å². The molecule has 28 heavy (non-hydrogen) atoms. The van der Waals surface area contributed by atoms with E-state index in [0.29, 0.717) is 6.54 Å². The van der Waals surface area contributed by atoms with Crippen LogP contribution in [0.15, 0.2) is 60.7 Å². The van der Waals surface area contributed by atoms with Crippen LogP contribution < -0.4 is 16.0 Å². The molecule has 3 N–H and O–H groups in total. The number of likely N-dealkylation sites (N-methyl/N-ethyl adjacent to an activating group) is 1. The lowest BCUT2D eigenvalue weighted by Crippen LogP contribution is -2.35. The third kappa shape index (κ3) is 3.36. The van der Waals surface area contributed by atoms with Crippen LogP contribution in [0.3, 0.4) is 0 Å². The SMILES string of the molecule is Cc1ccc(N(C)CCN)cc1C(=O)NC1(c2cccc3ccccc23)CC1. The van der Waals surface area contributed by atoms with Gasteiger partial charge in [-0.1, -0.05) is 48.5 Å². The van der Waals surface area contributed by atoms with Gasteiger partial charge in [0.2, 0.25) is 0 Å². The Hall–Kier alpha value is -2.85. The molecule has 0 saturated heterocycles. The average molecular weight is 374 g/mol. The molecule has 4 nitrogen and oxygen atoms in total. The quantitative estimate of drug-likeness (QED) is 0.687.